The number of phenolic OH excluding ortho intramolecular Hbond substituents is 1. The van der Waals surface area contributed by atoms with E-state index >= 15 is 0 Å². The summed E-state index contributed by atoms with van der Waals surface area (Å²) in [7, 11) is 0. The molecule has 1 fully saturated rings. The summed E-state index contributed by atoms with van der Waals surface area (Å²) in [6, 6.07) is 5.12. The van der Waals surface area contributed by atoms with Crippen LogP contribution in [0.2, 0.25) is 0 Å². The molecule has 2 rings (SSSR count). The summed E-state index contributed by atoms with van der Waals surface area (Å²) in [6.45, 7) is 4.50. The highest BCUT2D eigenvalue weighted by Crippen LogP contribution is 2.21. The molecule has 1 heterocycles. The lowest BCUT2D eigenvalue weighted by Gasteiger charge is -2.21. The van der Waals surface area contributed by atoms with Gasteiger partial charge in [0, 0.05) is 37.1 Å². The maximum atomic E-state index is 12.5. The molecule has 1 aliphatic rings. The number of halogens is 2. The van der Waals surface area contributed by atoms with E-state index < -0.39 is 0 Å². The molecule has 4 nitrogen and oxygen atoms in total. The maximum absolute atomic E-state index is 12.5. The first-order valence-corrected chi connectivity index (χ1v) is 8.88. The van der Waals surface area contributed by atoms with Crippen molar-refractivity contribution in [2.45, 2.75) is 6.42 Å². The minimum atomic E-state index is 0.0115. The monoisotopic (exact) mass is 452 g/mol. The van der Waals surface area contributed by atoms with Gasteiger partial charge in [0.25, 0.3) is 5.91 Å². The van der Waals surface area contributed by atoms with Crippen LogP contribution in [0.4, 0.5) is 0 Å². The Balaban J connectivity index is 2.03. The molecule has 0 atom stereocenters. The van der Waals surface area contributed by atoms with Crippen LogP contribution in [0.25, 0.3) is 0 Å². The Labute approximate surface area is 141 Å². The van der Waals surface area contributed by atoms with Crippen LogP contribution in [-0.2, 0) is 0 Å². The van der Waals surface area contributed by atoms with Gasteiger partial charge in [0.05, 0.1) is 3.57 Å². The Morgan fingerprint density at radius 3 is 2.80 bits per heavy atom. The molecule has 1 N–H and O–H groups in total. The fourth-order valence-electron chi connectivity index (χ4n) is 2.35. The van der Waals surface area contributed by atoms with Crippen LogP contribution in [0.3, 0.4) is 0 Å². The van der Waals surface area contributed by atoms with Gasteiger partial charge in [-0.05, 0) is 53.8 Å². The fourth-order valence-corrected chi connectivity index (χ4v) is 3.18. The van der Waals surface area contributed by atoms with Gasteiger partial charge < -0.3 is 14.9 Å². The SMILES string of the molecule is O=C(c1ccc(I)c(O)c1)N1CCCN(CCBr)CC1. The van der Waals surface area contributed by atoms with E-state index in [1.165, 1.54) is 0 Å². The van der Waals surface area contributed by atoms with Crippen molar-refractivity contribution >= 4 is 44.4 Å². The van der Waals surface area contributed by atoms with Gasteiger partial charge in [-0.15, -0.1) is 0 Å². The second kappa shape index (κ2) is 7.61. The van der Waals surface area contributed by atoms with Crippen molar-refractivity contribution in [2.24, 2.45) is 0 Å². The molecule has 0 radical (unpaired) electrons. The van der Waals surface area contributed by atoms with E-state index in [1.54, 1.807) is 18.2 Å². The third-order valence-corrected chi connectivity index (χ3v) is 4.74. The van der Waals surface area contributed by atoms with Crippen molar-refractivity contribution in [3.05, 3.63) is 27.3 Å². The molecule has 1 saturated heterocycles. The number of hydrogen-bond acceptors (Lipinski definition) is 3. The summed E-state index contributed by atoms with van der Waals surface area (Å²) in [5, 5.41) is 10.7. The smallest absolute Gasteiger partial charge is 0.254 e. The van der Waals surface area contributed by atoms with Crippen LogP contribution in [0, 0.1) is 3.57 Å². The van der Waals surface area contributed by atoms with Gasteiger partial charge in [0.15, 0.2) is 0 Å². The van der Waals surface area contributed by atoms with Crippen molar-refractivity contribution in [1.82, 2.24) is 9.80 Å². The normalized spacial score (nSPS) is 17.0. The van der Waals surface area contributed by atoms with Gasteiger partial charge >= 0.3 is 0 Å². The molecule has 1 aliphatic heterocycles. The van der Waals surface area contributed by atoms with Crippen molar-refractivity contribution in [1.29, 1.82) is 0 Å². The standard InChI is InChI=1S/C14H18BrIN2O2/c15-4-7-17-5-1-6-18(9-8-17)14(20)11-2-3-12(16)13(19)10-11/h2-3,10,19H,1,4-9H2. The molecule has 1 aromatic rings. The van der Waals surface area contributed by atoms with E-state index in [0.29, 0.717) is 5.56 Å². The molecule has 0 saturated carbocycles. The largest absolute Gasteiger partial charge is 0.507 e. The Hall–Kier alpha value is -0.340. The lowest BCUT2D eigenvalue weighted by molar-refractivity contribution is 0.0761. The van der Waals surface area contributed by atoms with Crippen LogP contribution < -0.4 is 0 Å². The summed E-state index contributed by atoms with van der Waals surface area (Å²) in [4.78, 5) is 16.7. The molecule has 1 amide bonds. The number of alkyl halides is 1. The summed E-state index contributed by atoms with van der Waals surface area (Å²) in [6.07, 6.45) is 0.995. The molecule has 110 valence electrons. The highest BCUT2D eigenvalue weighted by atomic mass is 127. The average Bonchev–Trinajstić information content (AvgIpc) is 2.67. The van der Waals surface area contributed by atoms with Crippen LogP contribution in [-0.4, -0.2) is 58.9 Å². The molecule has 0 spiro atoms. The topological polar surface area (TPSA) is 43.8 Å². The van der Waals surface area contributed by atoms with E-state index in [2.05, 4.69) is 43.4 Å². The number of phenols is 1. The predicted molar refractivity (Wildman–Crippen MR) is 91.6 cm³/mol. The Morgan fingerprint density at radius 2 is 2.10 bits per heavy atom. The molecule has 20 heavy (non-hydrogen) atoms. The highest BCUT2D eigenvalue weighted by molar-refractivity contribution is 14.1. The molecular formula is C14H18BrIN2O2. The Morgan fingerprint density at radius 1 is 1.30 bits per heavy atom. The molecule has 0 aromatic heterocycles. The van der Waals surface area contributed by atoms with E-state index in [9.17, 15) is 9.90 Å². The van der Waals surface area contributed by atoms with Crippen LogP contribution in [0.5, 0.6) is 5.75 Å². The van der Waals surface area contributed by atoms with Gasteiger partial charge in [0.1, 0.15) is 5.75 Å². The highest BCUT2D eigenvalue weighted by Gasteiger charge is 2.20. The number of nitrogens with zero attached hydrogens (tertiary/aromatic N) is 2. The van der Waals surface area contributed by atoms with Gasteiger partial charge in [-0.2, -0.15) is 0 Å². The number of aromatic hydroxyl groups is 1. The lowest BCUT2D eigenvalue weighted by atomic mass is 10.2. The van der Waals surface area contributed by atoms with Crippen molar-refractivity contribution in [3.63, 3.8) is 0 Å². The molecule has 6 heteroatoms. The number of hydrogen-bond donors (Lipinski definition) is 1. The zero-order valence-corrected chi connectivity index (χ0v) is 14.9. The van der Waals surface area contributed by atoms with Gasteiger partial charge in [-0.1, -0.05) is 15.9 Å². The number of carbonyl (C=O) groups is 1. The van der Waals surface area contributed by atoms with Crippen molar-refractivity contribution < 1.29 is 9.90 Å². The Bertz CT molecular complexity index is 484. The number of rotatable bonds is 3. The molecular weight excluding hydrogens is 435 g/mol. The van der Waals surface area contributed by atoms with E-state index in [4.69, 9.17) is 0 Å². The zero-order valence-electron chi connectivity index (χ0n) is 11.2. The zero-order chi connectivity index (χ0) is 14.5. The van der Waals surface area contributed by atoms with Gasteiger partial charge in [-0.25, -0.2) is 0 Å². The number of carbonyl (C=O) groups excluding carboxylic acids is 1. The van der Waals surface area contributed by atoms with E-state index in [1.807, 2.05) is 4.90 Å². The lowest BCUT2D eigenvalue weighted by Crippen LogP contribution is -2.35. The first-order chi connectivity index (χ1) is 9.61. The van der Waals surface area contributed by atoms with Crippen molar-refractivity contribution in [2.75, 3.05) is 38.1 Å². The first-order valence-electron chi connectivity index (χ1n) is 6.68. The average molecular weight is 453 g/mol. The van der Waals surface area contributed by atoms with E-state index in [-0.39, 0.29) is 11.7 Å². The quantitative estimate of drug-likeness (QED) is 0.566. The molecule has 1 aromatic carbocycles. The summed E-state index contributed by atoms with van der Waals surface area (Å²) in [5.74, 6) is 0.185. The third kappa shape index (κ3) is 4.08. The van der Waals surface area contributed by atoms with Crippen LogP contribution in [0.15, 0.2) is 18.2 Å². The molecule has 0 aliphatic carbocycles. The first kappa shape index (κ1) is 16.0. The second-order valence-electron chi connectivity index (χ2n) is 4.84. The third-order valence-electron chi connectivity index (χ3n) is 3.47. The maximum Gasteiger partial charge on any atom is 0.254 e. The van der Waals surface area contributed by atoms with E-state index in [0.717, 1.165) is 48.0 Å². The fraction of sp³-hybridized carbons (Fsp3) is 0.500. The predicted octanol–water partition coefficient (Wildman–Crippen LogP) is 2.54. The second-order valence-corrected chi connectivity index (χ2v) is 6.80. The van der Waals surface area contributed by atoms with Gasteiger partial charge in [0.2, 0.25) is 0 Å². The summed E-state index contributed by atoms with van der Waals surface area (Å²) < 4.78 is 0.763. The van der Waals surface area contributed by atoms with Crippen molar-refractivity contribution in [3.8, 4) is 5.75 Å². The molecule has 0 bridgehead atoms. The summed E-state index contributed by atoms with van der Waals surface area (Å²) >= 11 is 5.51. The van der Waals surface area contributed by atoms with Gasteiger partial charge in [-0.3, -0.25) is 4.79 Å². The minimum absolute atomic E-state index is 0.0115. The minimum Gasteiger partial charge on any atom is -0.507 e. The summed E-state index contributed by atoms with van der Waals surface area (Å²) in [5.41, 5.74) is 0.567. The molecule has 0 unspecified atom stereocenters. The number of amides is 1. The van der Waals surface area contributed by atoms with Crippen LogP contribution >= 0.6 is 38.5 Å². The Kier molecular flexibility index (Phi) is 6.10. The number of benzene rings is 1. The van der Waals surface area contributed by atoms with Crippen LogP contribution in [0.1, 0.15) is 16.8 Å².